The van der Waals surface area contributed by atoms with Crippen LogP contribution in [0.25, 0.3) is 0 Å². The third-order valence-electron chi connectivity index (χ3n) is 2.23. The molecule has 0 amide bonds. The zero-order valence-electron chi connectivity index (χ0n) is 9.29. The molecule has 3 N–H and O–H groups in total. The van der Waals surface area contributed by atoms with E-state index in [9.17, 15) is 18.3 Å². The van der Waals surface area contributed by atoms with Crippen molar-refractivity contribution in [2.24, 2.45) is 5.73 Å². The molecule has 0 unspecified atom stereocenters. The van der Waals surface area contributed by atoms with Crippen LogP contribution in [0, 0.1) is 0 Å². The third-order valence-corrected chi connectivity index (χ3v) is 2.23. The van der Waals surface area contributed by atoms with Gasteiger partial charge in [0.25, 0.3) is 0 Å². The predicted octanol–water partition coefficient (Wildman–Crippen LogP) is 3.09. The van der Waals surface area contributed by atoms with Crippen molar-refractivity contribution >= 4 is 0 Å². The quantitative estimate of drug-likeness (QED) is 0.862. The van der Waals surface area contributed by atoms with Gasteiger partial charge < -0.3 is 15.6 Å². The summed E-state index contributed by atoms with van der Waals surface area (Å²) in [5.41, 5.74) is 6.00. The van der Waals surface area contributed by atoms with E-state index in [1.807, 2.05) is 6.92 Å². The Hall–Kier alpha value is -1.43. The predicted molar refractivity (Wildman–Crippen MR) is 56.6 cm³/mol. The number of hydrogen-bond acceptors (Lipinski definition) is 3. The van der Waals surface area contributed by atoms with Crippen LogP contribution < -0.4 is 10.5 Å². The van der Waals surface area contributed by atoms with E-state index in [4.69, 9.17) is 5.73 Å². The number of ether oxygens (including phenoxy) is 1. The molecule has 0 saturated heterocycles. The number of alkyl halides is 3. The second kappa shape index (κ2) is 5.27. The smallest absolute Gasteiger partial charge is 0.508 e. The lowest BCUT2D eigenvalue weighted by Crippen LogP contribution is -2.17. The van der Waals surface area contributed by atoms with E-state index >= 15 is 0 Å². The fraction of sp³-hybridized carbons (Fsp3) is 0.455. The van der Waals surface area contributed by atoms with Crippen LogP contribution in [0.5, 0.6) is 11.5 Å². The summed E-state index contributed by atoms with van der Waals surface area (Å²) in [5.74, 6) is -0.502. The van der Waals surface area contributed by atoms with E-state index in [1.165, 1.54) is 0 Å². The Balaban J connectivity index is 2.94. The number of halogens is 3. The molecular formula is C11H14F3NO2. The summed E-state index contributed by atoms with van der Waals surface area (Å²) in [4.78, 5) is 0. The standard InChI is InChI=1S/C11H14F3NO2/c1-2-3-9(15)8-6-7(4-5-10(8)16)17-11(12,13)14/h4-6,9,16H,2-3,15H2,1H3/t9-/m0/s1. The van der Waals surface area contributed by atoms with Crippen LogP contribution in [0.15, 0.2) is 18.2 Å². The number of aromatic hydroxyl groups is 1. The largest absolute Gasteiger partial charge is 0.573 e. The molecule has 6 heteroatoms. The molecule has 0 aliphatic heterocycles. The first kappa shape index (κ1) is 13.6. The Morgan fingerprint density at radius 2 is 2.06 bits per heavy atom. The third kappa shape index (κ3) is 4.14. The van der Waals surface area contributed by atoms with Crippen molar-refractivity contribution in [3.8, 4) is 11.5 Å². The minimum Gasteiger partial charge on any atom is -0.508 e. The summed E-state index contributed by atoms with van der Waals surface area (Å²) >= 11 is 0. The number of hydrogen-bond donors (Lipinski definition) is 2. The summed E-state index contributed by atoms with van der Waals surface area (Å²) in [6, 6.07) is 2.80. The number of phenols is 1. The minimum atomic E-state index is -4.75. The maximum absolute atomic E-state index is 12.0. The summed E-state index contributed by atoms with van der Waals surface area (Å²) in [6.45, 7) is 1.90. The first-order valence-electron chi connectivity index (χ1n) is 5.17. The van der Waals surface area contributed by atoms with Crippen LogP contribution in [0.1, 0.15) is 31.4 Å². The van der Waals surface area contributed by atoms with Crippen molar-refractivity contribution in [3.05, 3.63) is 23.8 Å². The molecular weight excluding hydrogens is 235 g/mol. The molecule has 3 nitrogen and oxygen atoms in total. The highest BCUT2D eigenvalue weighted by Gasteiger charge is 2.31. The van der Waals surface area contributed by atoms with E-state index in [0.29, 0.717) is 6.42 Å². The molecule has 0 heterocycles. The Bertz CT molecular complexity index is 379. The fourth-order valence-electron chi connectivity index (χ4n) is 1.49. The molecule has 0 fully saturated rings. The summed E-state index contributed by atoms with van der Waals surface area (Å²) in [5, 5.41) is 9.51. The van der Waals surface area contributed by atoms with Crippen LogP contribution in [0.3, 0.4) is 0 Å². The summed E-state index contributed by atoms with van der Waals surface area (Å²) < 4.78 is 39.8. The maximum atomic E-state index is 12.0. The van der Waals surface area contributed by atoms with Gasteiger partial charge in [-0.05, 0) is 24.6 Å². The van der Waals surface area contributed by atoms with Crippen molar-refractivity contribution in [2.45, 2.75) is 32.2 Å². The topological polar surface area (TPSA) is 55.5 Å². The highest BCUT2D eigenvalue weighted by Crippen LogP contribution is 2.31. The van der Waals surface area contributed by atoms with Crippen LogP contribution in [0.4, 0.5) is 13.2 Å². The van der Waals surface area contributed by atoms with E-state index in [-0.39, 0.29) is 17.1 Å². The summed E-state index contributed by atoms with van der Waals surface area (Å²) in [6.07, 6.45) is -3.41. The molecule has 1 aromatic carbocycles. The Morgan fingerprint density at radius 3 is 2.59 bits per heavy atom. The van der Waals surface area contributed by atoms with Crippen molar-refractivity contribution in [1.29, 1.82) is 0 Å². The molecule has 17 heavy (non-hydrogen) atoms. The molecule has 1 aromatic rings. The lowest BCUT2D eigenvalue weighted by atomic mass is 10.0. The number of benzene rings is 1. The van der Waals surface area contributed by atoms with Gasteiger partial charge in [0.1, 0.15) is 11.5 Å². The fourth-order valence-corrected chi connectivity index (χ4v) is 1.49. The van der Waals surface area contributed by atoms with Gasteiger partial charge >= 0.3 is 6.36 Å². The highest BCUT2D eigenvalue weighted by molar-refractivity contribution is 5.41. The van der Waals surface area contributed by atoms with Crippen LogP contribution in [-0.2, 0) is 0 Å². The second-order valence-corrected chi connectivity index (χ2v) is 3.66. The maximum Gasteiger partial charge on any atom is 0.573 e. The zero-order valence-corrected chi connectivity index (χ0v) is 9.29. The highest BCUT2D eigenvalue weighted by atomic mass is 19.4. The van der Waals surface area contributed by atoms with Gasteiger partial charge in [0.05, 0.1) is 0 Å². The van der Waals surface area contributed by atoms with E-state index in [1.54, 1.807) is 0 Å². The molecule has 0 saturated carbocycles. The Morgan fingerprint density at radius 1 is 1.41 bits per heavy atom. The molecule has 0 aliphatic carbocycles. The van der Waals surface area contributed by atoms with Gasteiger partial charge in [-0.25, -0.2) is 0 Å². The molecule has 0 radical (unpaired) electrons. The average Bonchev–Trinajstić information content (AvgIpc) is 2.19. The zero-order chi connectivity index (χ0) is 13.1. The Kier molecular flexibility index (Phi) is 4.22. The molecule has 0 spiro atoms. The molecule has 0 aromatic heterocycles. The second-order valence-electron chi connectivity index (χ2n) is 3.66. The van der Waals surface area contributed by atoms with Crippen molar-refractivity contribution < 1.29 is 23.0 Å². The first-order chi connectivity index (χ1) is 7.83. The van der Waals surface area contributed by atoms with Crippen LogP contribution in [0.2, 0.25) is 0 Å². The SMILES string of the molecule is CCC[C@H](N)c1cc(OC(F)(F)F)ccc1O. The number of phenolic OH excluding ortho intramolecular Hbond substituents is 1. The molecule has 0 bridgehead atoms. The van der Waals surface area contributed by atoms with Gasteiger partial charge in [0.15, 0.2) is 0 Å². The van der Waals surface area contributed by atoms with E-state index < -0.39 is 12.4 Å². The van der Waals surface area contributed by atoms with Crippen molar-refractivity contribution in [1.82, 2.24) is 0 Å². The van der Waals surface area contributed by atoms with Crippen LogP contribution in [-0.4, -0.2) is 11.5 Å². The summed E-state index contributed by atoms with van der Waals surface area (Å²) in [7, 11) is 0. The van der Waals surface area contributed by atoms with Crippen molar-refractivity contribution in [2.75, 3.05) is 0 Å². The lowest BCUT2D eigenvalue weighted by molar-refractivity contribution is -0.274. The average molecular weight is 249 g/mol. The monoisotopic (exact) mass is 249 g/mol. The van der Waals surface area contributed by atoms with Crippen molar-refractivity contribution in [3.63, 3.8) is 0 Å². The molecule has 1 rings (SSSR count). The van der Waals surface area contributed by atoms with Gasteiger partial charge in [-0.2, -0.15) is 0 Å². The van der Waals surface area contributed by atoms with E-state index in [0.717, 1.165) is 24.6 Å². The van der Waals surface area contributed by atoms with Gasteiger partial charge in [0, 0.05) is 11.6 Å². The molecule has 96 valence electrons. The van der Waals surface area contributed by atoms with Crippen LogP contribution >= 0.6 is 0 Å². The molecule has 1 atom stereocenters. The molecule has 0 aliphatic rings. The van der Waals surface area contributed by atoms with Gasteiger partial charge in [0.2, 0.25) is 0 Å². The van der Waals surface area contributed by atoms with E-state index in [2.05, 4.69) is 4.74 Å². The normalized spacial score (nSPS) is 13.5. The van der Waals surface area contributed by atoms with Gasteiger partial charge in [-0.15, -0.1) is 13.2 Å². The minimum absolute atomic E-state index is 0.125. The van der Waals surface area contributed by atoms with Gasteiger partial charge in [-0.3, -0.25) is 0 Å². The van der Waals surface area contributed by atoms with Gasteiger partial charge in [-0.1, -0.05) is 13.3 Å². The number of rotatable bonds is 4. The Labute approximate surface area is 97.0 Å². The number of nitrogens with two attached hydrogens (primary N) is 1. The first-order valence-corrected chi connectivity index (χ1v) is 5.17. The lowest BCUT2D eigenvalue weighted by Gasteiger charge is -2.15.